The normalized spacial score (nSPS) is 11.8. The molecule has 7 heteroatoms. The number of hydrogen-bond acceptors (Lipinski definition) is 5. The van der Waals surface area contributed by atoms with Crippen LogP contribution in [0.4, 0.5) is 5.82 Å². The monoisotopic (exact) mass is 244 g/mol. The summed E-state index contributed by atoms with van der Waals surface area (Å²) < 4.78 is 5.04. The summed E-state index contributed by atoms with van der Waals surface area (Å²) in [5.74, 6) is 0.551. The summed E-state index contributed by atoms with van der Waals surface area (Å²) in [5.41, 5.74) is 0. The van der Waals surface area contributed by atoms with Crippen molar-refractivity contribution < 1.29 is 9.53 Å². The minimum Gasteiger partial charge on any atom is -0.490 e. The molecule has 0 fully saturated rings. The number of carbonyl (C=O) groups excluding carboxylic acids is 1. The number of aromatic nitrogens is 2. The number of ether oxygens (including phenoxy) is 1. The van der Waals surface area contributed by atoms with E-state index in [1.54, 1.807) is 14.0 Å². The molecule has 1 unspecified atom stereocenters. The predicted octanol–water partition coefficient (Wildman–Crippen LogP) is 0.685. The van der Waals surface area contributed by atoms with Crippen LogP contribution >= 0.6 is 11.6 Å². The average molecular weight is 245 g/mol. The highest BCUT2D eigenvalue weighted by molar-refractivity contribution is 6.31. The number of anilines is 1. The Morgan fingerprint density at radius 1 is 1.56 bits per heavy atom. The number of likely N-dealkylation sites (N-methyl/N-ethyl adjacent to an activating group) is 1. The molecule has 1 aromatic rings. The standard InChI is InChI=1S/C9H13ClN4O2/c1-5(9(15)11-2)14-8-6(16-3)7(10)12-4-13-8/h4-5H,1-3H3,(H,11,15)(H,12,13,14). The Hall–Kier alpha value is -1.56. The number of methoxy groups -OCH3 is 1. The summed E-state index contributed by atoms with van der Waals surface area (Å²) in [6.45, 7) is 1.70. The first-order valence-electron chi connectivity index (χ1n) is 4.62. The van der Waals surface area contributed by atoms with Crippen molar-refractivity contribution in [1.82, 2.24) is 15.3 Å². The molecule has 0 aliphatic heterocycles. The second kappa shape index (κ2) is 5.50. The van der Waals surface area contributed by atoms with Gasteiger partial charge in [0.25, 0.3) is 0 Å². The molecule has 0 aromatic carbocycles. The van der Waals surface area contributed by atoms with Crippen LogP contribution < -0.4 is 15.4 Å². The van der Waals surface area contributed by atoms with Crippen molar-refractivity contribution in [3.05, 3.63) is 11.5 Å². The van der Waals surface area contributed by atoms with E-state index in [1.807, 2.05) is 0 Å². The molecular formula is C9H13ClN4O2. The van der Waals surface area contributed by atoms with Gasteiger partial charge in [0.05, 0.1) is 7.11 Å². The minimum absolute atomic E-state index is 0.156. The molecule has 0 saturated carbocycles. The van der Waals surface area contributed by atoms with E-state index < -0.39 is 6.04 Å². The van der Waals surface area contributed by atoms with Crippen molar-refractivity contribution in [2.24, 2.45) is 0 Å². The van der Waals surface area contributed by atoms with E-state index >= 15 is 0 Å². The van der Waals surface area contributed by atoms with Crippen molar-refractivity contribution in [1.29, 1.82) is 0 Å². The van der Waals surface area contributed by atoms with Gasteiger partial charge in [0.2, 0.25) is 5.91 Å². The van der Waals surface area contributed by atoms with Gasteiger partial charge in [0.15, 0.2) is 16.7 Å². The van der Waals surface area contributed by atoms with Gasteiger partial charge in [-0.3, -0.25) is 4.79 Å². The summed E-state index contributed by atoms with van der Waals surface area (Å²) >= 11 is 5.81. The highest BCUT2D eigenvalue weighted by Crippen LogP contribution is 2.28. The van der Waals surface area contributed by atoms with Crippen molar-refractivity contribution in [3.63, 3.8) is 0 Å². The Labute approximate surface area is 98.4 Å². The predicted molar refractivity (Wildman–Crippen MR) is 60.7 cm³/mol. The van der Waals surface area contributed by atoms with Gasteiger partial charge in [-0.1, -0.05) is 11.6 Å². The molecule has 1 amide bonds. The third-order valence-corrected chi connectivity index (χ3v) is 2.23. The van der Waals surface area contributed by atoms with Gasteiger partial charge in [-0.05, 0) is 6.92 Å². The Morgan fingerprint density at radius 3 is 2.81 bits per heavy atom. The van der Waals surface area contributed by atoms with Crippen LogP contribution in [0, 0.1) is 0 Å². The van der Waals surface area contributed by atoms with E-state index in [0.717, 1.165) is 0 Å². The molecule has 1 atom stereocenters. The fourth-order valence-electron chi connectivity index (χ4n) is 1.12. The molecule has 0 bridgehead atoms. The maximum atomic E-state index is 11.3. The summed E-state index contributed by atoms with van der Waals surface area (Å²) in [6.07, 6.45) is 1.30. The number of nitrogens with one attached hydrogen (secondary N) is 2. The van der Waals surface area contributed by atoms with Crippen molar-refractivity contribution in [2.75, 3.05) is 19.5 Å². The number of amides is 1. The zero-order valence-corrected chi connectivity index (χ0v) is 10.00. The summed E-state index contributed by atoms with van der Waals surface area (Å²) in [6, 6.07) is -0.440. The molecule has 1 aromatic heterocycles. The van der Waals surface area contributed by atoms with Gasteiger partial charge in [-0.25, -0.2) is 9.97 Å². The molecular weight excluding hydrogens is 232 g/mol. The van der Waals surface area contributed by atoms with Crippen LogP contribution in [-0.4, -0.2) is 36.1 Å². The maximum Gasteiger partial charge on any atom is 0.241 e. The smallest absolute Gasteiger partial charge is 0.241 e. The van der Waals surface area contributed by atoms with Crippen molar-refractivity contribution in [2.45, 2.75) is 13.0 Å². The first-order valence-corrected chi connectivity index (χ1v) is 5.00. The molecule has 1 rings (SSSR count). The van der Waals surface area contributed by atoms with Gasteiger partial charge in [0, 0.05) is 7.05 Å². The van der Waals surface area contributed by atoms with Crippen LogP contribution in [0.15, 0.2) is 6.33 Å². The van der Waals surface area contributed by atoms with Gasteiger partial charge in [-0.15, -0.1) is 0 Å². The number of carbonyl (C=O) groups is 1. The van der Waals surface area contributed by atoms with Gasteiger partial charge in [-0.2, -0.15) is 0 Å². The molecule has 88 valence electrons. The largest absolute Gasteiger partial charge is 0.490 e. The van der Waals surface area contributed by atoms with Crippen molar-refractivity contribution >= 4 is 23.3 Å². The lowest BCUT2D eigenvalue weighted by atomic mass is 10.3. The SMILES string of the molecule is CNC(=O)C(C)Nc1ncnc(Cl)c1OC. The van der Waals surface area contributed by atoms with E-state index in [1.165, 1.54) is 13.4 Å². The highest BCUT2D eigenvalue weighted by atomic mass is 35.5. The molecule has 0 saturated heterocycles. The summed E-state index contributed by atoms with van der Waals surface area (Å²) in [5, 5.41) is 5.60. The van der Waals surface area contributed by atoms with Crippen LogP contribution in [0.2, 0.25) is 5.15 Å². The lowest BCUT2D eigenvalue weighted by Crippen LogP contribution is -2.35. The van der Waals surface area contributed by atoms with Gasteiger partial charge in [0.1, 0.15) is 12.4 Å². The number of rotatable bonds is 4. The van der Waals surface area contributed by atoms with E-state index in [0.29, 0.717) is 11.6 Å². The fraction of sp³-hybridized carbons (Fsp3) is 0.444. The van der Waals surface area contributed by atoms with E-state index in [9.17, 15) is 4.79 Å². The Morgan fingerprint density at radius 2 is 2.25 bits per heavy atom. The third kappa shape index (κ3) is 2.73. The Bertz CT molecular complexity index is 386. The topological polar surface area (TPSA) is 76.1 Å². The maximum absolute atomic E-state index is 11.3. The van der Waals surface area contributed by atoms with Gasteiger partial charge >= 0.3 is 0 Å². The molecule has 0 spiro atoms. The first kappa shape index (κ1) is 12.5. The van der Waals surface area contributed by atoms with Crippen LogP contribution in [0.25, 0.3) is 0 Å². The zero-order valence-electron chi connectivity index (χ0n) is 9.24. The Kier molecular flexibility index (Phi) is 4.30. The fourth-order valence-corrected chi connectivity index (χ4v) is 1.33. The van der Waals surface area contributed by atoms with E-state index in [-0.39, 0.29) is 11.1 Å². The summed E-state index contributed by atoms with van der Waals surface area (Å²) in [4.78, 5) is 19.0. The third-order valence-electron chi connectivity index (χ3n) is 1.96. The summed E-state index contributed by atoms with van der Waals surface area (Å²) in [7, 11) is 3.02. The second-order valence-corrected chi connectivity index (χ2v) is 3.38. The molecule has 0 aliphatic rings. The Balaban J connectivity index is 2.88. The van der Waals surface area contributed by atoms with Crippen LogP contribution in [0.3, 0.4) is 0 Å². The molecule has 16 heavy (non-hydrogen) atoms. The quantitative estimate of drug-likeness (QED) is 0.762. The first-order chi connectivity index (χ1) is 7.60. The second-order valence-electron chi connectivity index (χ2n) is 3.03. The molecule has 6 nitrogen and oxygen atoms in total. The molecule has 1 heterocycles. The number of halogens is 1. The highest BCUT2D eigenvalue weighted by Gasteiger charge is 2.16. The van der Waals surface area contributed by atoms with Crippen LogP contribution in [0.1, 0.15) is 6.92 Å². The molecule has 0 aliphatic carbocycles. The lowest BCUT2D eigenvalue weighted by Gasteiger charge is -2.15. The van der Waals surface area contributed by atoms with Crippen LogP contribution in [-0.2, 0) is 4.79 Å². The average Bonchev–Trinajstić information content (AvgIpc) is 2.28. The van der Waals surface area contributed by atoms with E-state index in [2.05, 4.69) is 20.6 Å². The van der Waals surface area contributed by atoms with Gasteiger partial charge < -0.3 is 15.4 Å². The van der Waals surface area contributed by atoms with Crippen molar-refractivity contribution in [3.8, 4) is 5.75 Å². The number of nitrogens with zero attached hydrogens (tertiary/aromatic N) is 2. The van der Waals surface area contributed by atoms with E-state index in [4.69, 9.17) is 16.3 Å². The minimum atomic E-state index is -0.440. The number of hydrogen-bond donors (Lipinski definition) is 2. The zero-order chi connectivity index (χ0) is 12.1. The molecule has 2 N–H and O–H groups in total. The van der Waals surface area contributed by atoms with Crippen LogP contribution in [0.5, 0.6) is 5.75 Å². The lowest BCUT2D eigenvalue weighted by molar-refractivity contribution is -0.121. The molecule has 0 radical (unpaired) electrons.